The Balaban J connectivity index is 1.84. The Bertz CT molecular complexity index is 1300. The van der Waals surface area contributed by atoms with E-state index in [9.17, 15) is 22.4 Å². The number of nitrogens with one attached hydrogen (secondary N) is 2. The topological polar surface area (TPSA) is 105 Å². The SMILES string of the molecule is COCCCNC(=O)c1ccccc1NC(=O)CN(c1ccc(C)cc1)S(=O)(=O)c1ccc(F)cc1. The first kappa shape index (κ1) is 26.8. The number of benzene rings is 3. The largest absolute Gasteiger partial charge is 0.385 e. The minimum absolute atomic E-state index is 0.159. The van der Waals surface area contributed by atoms with Crippen LogP contribution < -0.4 is 14.9 Å². The number of carbonyl (C=O) groups is 2. The number of aryl methyl sites for hydroxylation is 1. The van der Waals surface area contributed by atoms with Crippen molar-refractivity contribution in [1.29, 1.82) is 0 Å². The molecule has 3 rings (SSSR count). The molecule has 190 valence electrons. The van der Waals surface area contributed by atoms with Gasteiger partial charge in [-0.15, -0.1) is 0 Å². The molecule has 0 radical (unpaired) electrons. The second kappa shape index (κ2) is 12.3. The lowest BCUT2D eigenvalue weighted by molar-refractivity contribution is -0.114. The lowest BCUT2D eigenvalue weighted by Crippen LogP contribution is -2.38. The van der Waals surface area contributed by atoms with Crippen LogP contribution in [0.15, 0.2) is 77.7 Å². The van der Waals surface area contributed by atoms with Gasteiger partial charge in [0.1, 0.15) is 12.4 Å². The van der Waals surface area contributed by atoms with Crippen LogP contribution in [0.25, 0.3) is 0 Å². The van der Waals surface area contributed by atoms with Crippen molar-refractivity contribution in [2.45, 2.75) is 18.2 Å². The molecule has 0 aliphatic carbocycles. The average Bonchev–Trinajstić information content (AvgIpc) is 2.86. The van der Waals surface area contributed by atoms with Crippen LogP contribution in [-0.2, 0) is 19.6 Å². The normalized spacial score (nSPS) is 11.1. The van der Waals surface area contributed by atoms with E-state index in [0.717, 1.165) is 34.1 Å². The van der Waals surface area contributed by atoms with Crippen LogP contribution in [0.1, 0.15) is 22.3 Å². The zero-order chi connectivity index (χ0) is 26.1. The van der Waals surface area contributed by atoms with Crippen LogP contribution in [0.4, 0.5) is 15.8 Å². The predicted molar refractivity (Wildman–Crippen MR) is 136 cm³/mol. The quantitative estimate of drug-likeness (QED) is 0.380. The molecule has 0 aromatic heterocycles. The molecule has 3 aromatic carbocycles. The van der Waals surface area contributed by atoms with E-state index in [0.29, 0.717) is 19.6 Å². The first-order chi connectivity index (χ1) is 17.2. The minimum Gasteiger partial charge on any atom is -0.385 e. The Kier molecular flexibility index (Phi) is 9.15. The highest BCUT2D eigenvalue weighted by Crippen LogP contribution is 2.25. The second-order valence-corrected chi connectivity index (χ2v) is 9.86. The van der Waals surface area contributed by atoms with E-state index in [4.69, 9.17) is 4.74 Å². The maximum absolute atomic E-state index is 13.4. The van der Waals surface area contributed by atoms with Gasteiger partial charge < -0.3 is 15.4 Å². The molecule has 0 saturated heterocycles. The van der Waals surface area contributed by atoms with Gasteiger partial charge in [-0.2, -0.15) is 0 Å². The third kappa shape index (κ3) is 6.89. The van der Waals surface area contributed by atoms with Gasteiger partial charge in [0.15, 0.2) is 0 Å². The van der Waals surface area contributed by atoms with Crippen molar-refractivity contribution in [1.82, 2.24) is 5.32 Å². The maximum Gasteiger partial charge on any atom is 0.264 e. The summed E-state index contributed by atoms with van der Waals surface area (Å²) in [7, 11) is -2.63. The van der Waals surface area contributed by atoms with Crippen molar-refractivity contribution in [3.8, 4) is 0 Å². The number of methoxy groups -OCH3 is 1. The number of sulfonamides is 1. The molecule has 2 N–H and O–H groups in total. The van der Waals surface area contributed by atoms with Crippen molar-refractivity contribution in [3.63, 3.8) is 0 Å². The number of hydrogen-bond donors (Lipinski definition) is 2. The Morgan fingerprint density at radius 1 is 0.972 bits per heavy atom. The molecule has 0 saturated carbocycles. The number of carbonyl (C=O) groups excluding carboxylic acids is 2. The summed E-state index contributed by atoms with van der Waals surface area (Å²) in [6, 6.07) is 17.5. The van der Waals surface area contributed by atoms with Gasteiger partial charge in [0, 0.05) is 20.3 Å². The molecular weight excluding hydrogens is 485 g/mol. The van der Waals surface area contributed by atoms with Crippen LogP contribution in [0.3, 0.4) is 0 Å². The Hall–Kier alpha value is -3.76. The standard InChI is InChI=1S/C26H28FN3O5S/c1-19-8-12-21(13-9-19)30(36(33,34)22-14-10-20(27)11-15-22)18-25(31)29-24-7-4-3-6-23(24)26(32)28-16-5-17-35-2/h3-4,6-15H,5,16-18H2,1-2H3,(H,28,32)(H,29,31). The smallest absolute Gasteiger partial charge is 0.264 e. The Morgan fingerprint density at radius 2 is 1.64 bits per heavy atom. The fourth-order valence-electron chi connectivity index (χ4n) is 3.38. The molecule has 0 aliphatic heterocycles. The summed E-state index contributed by atoms with van der Waals surface area (Å²) in [6.07, 6.45) is 0.628. The van der Waals surface area contributed by atoms with E-state index in [2.05, 4.69) is 10.6 Å². The summed E-state index contributed by atoms with van der Waals surface area (Å²) in [5.74, 6) is -1.61. The molecule has 0 atom stereocenters. The molecule has 10 heteroatoms. The minimum atomic E-state index is -4.20. The van der Waals surface area contributed by atoms with Crippen LogP contribution in [0.5, 0.6) is 0 Å². The third-order valence-corrected chi connectivity index (χ3v) is 7.06. The fourth-order valence-corrected chi connectivity index (χ4v) is 4.80. The van der Waals surface area contributed by atoms with Crippen molar-refractivity contribution < 1.29 is 27.1 Å². The third-order valence-electron chi connectivity index (χ3n) is 5.27. The first-order valence-corrected chi connectivity index (χ1v) is 12.7. The zero-order valence-electron chi connectivity index (χ0n) is 20.0. The monoisotopic (exact) mass is 513 g/mol. The van der Waals surface area contributed by atoms with Crippen molar-refractivity contribution in [3.05, 3.63) is 89.7 Å². The number of rotatable bonds is 11. The van der Waals surface area contributed by atoms with Crippen molar-refractivity contribution in [2.75, 3.05) is 36.4 Å². The lowest BCUT2D eigenvalue weighted by Gasteiger charge is -2.24. The van der Waals surface area contributed by atoms with E-state index in [1.807, 2.05) is 6.92 Å². The highest BCUT2D eigenvalue weighted by molar-refractivity contribution is 7.92. The number of anilines is 2. The molecule has 0 spiro atoms. The molecule has 0 bridgehead atoms. The van der Waals surface area contributed by atoms with Crippen LogP contribution in [-0.4, -0.2) is 47.0 Å². The number of para-hydroxylation sites is 1. The average molecular weight is 514 g/mol. The maximum atomic E-state index is 13.4. The van der Waals surface area contributed by atoms with E-state index in [1.165, 1.54) is 0 Å². The molecule has 0 heterocycles. The van der Waals surface area contributed by atoms with Gasteiger partial charge in [0.05, 0.1) is 21.8 Å². The molecule has 0 fully saturated rings. The van der Waals surface area contributed by atoms with Crippen LogP contribution >= 0.6 is 0 Å². The lowest BCUT2D eigenvalue weighted by atomic mass is 10.1. The summed E-state index contributed by atoms with van der Waals surface area (Å²) in [5.41, 5.74) is 1.67. The van der Waals surface area contributed by atoms with E-state index >= 15 is 0 Å². The molecular formula is C26H28FN3O5S. The van der Waals surface area contributed by atoms with Gasteiger partial charge in [-0.3, -0.25) is 13.9 Å². The van der Waals surface area contributed by atoms with Crippen LogP contribution in [0.2, 0.25) is 0 Å². The summed E-state index contributed by atoms with van der Waals surface area (Å²) in [4.78, 5) is 25.5. The second-order valence-electron chi connectivity index (χ2n) is 8.00. The van der Waals surface area contributed by atoms with Gasteiger partial charge in [-0.25, -0.2) is 12.8 Å². The molecule has 0 unspecified atom stereocenters. The van der Waals surface area contributed by atoms with Gasteiger partial charge in [0.2, 0.25) is 5.91 Å². The predicted octanol–water partition coefficient (Wildman–Crippen LogP) is 3.73. The molecule has 36 heavy (non-hydrogen) atoms. The Labute approximate surface area is 210 Å². The van der Waals surface area contributed by atoms with Crippen molar-refractivity contribution in [2.24, 2.45) is 0 Å². The summed E-state index contributed by atoms with van der Waals surface area (Å²) in [6.45, 7) is 2.18. The van der Waals surface area contributed by atoms with Gasteiger partial charge in [-0.1, -0.05) is 29.8 Å². The number of hydrogen-bond acceptors (Lipinski definition) is 5. The number of amides is 2. The zero-order valence-corrected chi connectivity index (χ0v) is 20.8. The first-order valence-electron chi connectivity index (χ1n) is 11.2. The van der Waals surface area contributed by atoms with Crippen molar-refractivity contribution >= 4 is 33.2 Å². The van der Waals surface area contributed by atoms with Gasteiger partial charge in [-0.05, 0) is 61.9 Å². The van der Waals surface area contributed by atoms with E-state index in [1.54, 1.807) is 55.6 Å². The molecule has 0 aliphatic rings. The molecule has 3 aromatic rings. The van der Waals surface area contributed by atoms with E-state index in [-0.39, 0.29) is 27.7 Å². The Morgan fingerprint density at radius 3 is 2.31 bits per heavy atom. The van der Waals surface area contributed by atoms with Gasteiger partial charge in [0.25, 0.3) is 15.9 Å². The van der Waals surface area contributed by atoms with Gasteiger partial charge >= 0.3 is 0 Å². The number of nitrogens with zero attached hydrogens (tertiary/aromatic N) is 1. The summed E-state index contributed by atoms with van der Waals surface area (Å²) >= 11 is 0. The van der Waals surface area contributed by atoms with Crippen LogP contribution in [0, 0.1) is 12.7 Å². The highest BCUT2D eigenvalue weighted by atomic mass is 32.2. The fraction of sp³-hybridized carbons (Fsp3) is 0.231. The summed E-state index contributed by atoms with van der Waals surface area (Å²) < 4.78 is 46.1. The molecule has 2 amide bonds. The summed E-state index contributed by atoms with van der Waals surface area (Å²) in [5, 5.41) is 5.41. The number of ether oxygens (including phenoxy) is 1. The molecule has 8 nitrogen and oxygen atoms in total. The highest BCUT2D eigenvalue weighted by Gasteiger charge is 2.27. The number of halogens is 1. The van der Waals surface area contributed by atoms with E-state index < -0.39 is 28.3 Å².